The monoisotopic (exact) mass is 364 g/mol. The summed E-state index contributed by atoms with van der Waals surface area (Å²) < 4.78 is 0. The van der Waals surface area contributed by atoms with Gasteiger partial charge >= 0.3 is 21.1 Å². The van der Waals surface area contributed by atoms with Crippen molar-refractivity contribution in [3.8, 4) is 11.1 Å². The molecule has 0 aromatic heterocycles. The molecule has 2 aromatic rings. The van der Waals surface area contributed by atoms with Gasteiger partial charge in [0.25, 0.3) is 0 Å². The maximum Gasteiger partial charge on any atom is 2.00 e. The van der Waals surface area contributed by atoms with Gasteiger partial charge in [0.2, 0.25) is 0 Å². The van der Waals surface area contributed by atoms with Gasteiger partial charge in [-0.25, -0.2) is 11.1 Å². The van der Waals surface area contributed by atoms with Crippen LogP contribution in [0.4, 0.5) is 0 Å². The summed E-state index contributed by atoms with van der Waals surface area (Å²) >= 11 is 0. The molecule has 74 valence electrons. The van der Waals surface area contributed by atoms with Crippen LogP contribution in [0.2, 0.25) is 0 Å². The standard InChI is InChI=1S/C14H12.W/c1-11-5-3-7-13(9-11)14-8-4-6-12(2)10-14;/h3-8H,1-2H3;/q-2;+2. The molecule has 2 rings (SSSR count). The van der Waals surface area contributed by atoms with Crippen molar-refractivity contribution in [2.24, 2.45) is 0 Å². The van der Waals surface area contributed by atoms with E-state index in [0.29, 0.717) is 0 Å². The summed E-state index contributed by atoms with van der Waals surface area (Å²) in [7, 11) is 0. The van der Waals surface area contributed by atoms with E-state index >= 15 is 0 Å². The minimum atomic E-state index is 0. The largest absolute Gasteiger partial charge is 2.00 e. The van der Waals surface area contributed by atoms with E-state index in [1.165, 1.54) is 0 Å². The topological polar surface area (TPSA) is 0 Å². The van der Waals surface area contributed by atoms with Gasteiger partial charge in [0.1, 0.15) is 0 Å². The molecule has 0 radical (unpaired) electrons. The number of hydrogen-bond acceptors (Lipinski definition) is 0. The summed E-state index contributed by atoms with van der Waals surface area (Å²) in [5.41, 5.74) is 4.57. The maximum absolute atomic E-state index is 3.32. The summed E-state index contributed by atoms with van der Waals surface area (Å²) in [5, 5.41) is 0. The van der Waals surface area contributed by atoms with E-state index in [9.17, 15) is 0 Å². The molecule has 0 spiro atoms. The Labute approximate surface area is 106 Å². The van der Waals surface area contributed by atoms with Gasteiger partial charge in [-0.05, 0) is 0 Å². The fraction of sp³-hybridized carbons (Fsp3) is 0.143. The van der Waals surface area contributed by atoms with Gasteiger partial charge in [0.15, 0.2) is 0 Å². The van der Waals surface area contributed by atoms with Crippen LogP contribution in [0.15, 0.2) is 36.4 Å². The van der Waals surface area contributed by atoms with Crippen molar-refractivity contribution in [1.29, 1.82) is 0 Å². The van der Waals surface area contributed by atoms with Gasteiger partial charge in [0.05, 0.1) is 0 Å². The Balaban J connectivity index is 0.00000112. The van der Waals surface area contributed by atoms with Gasteiger partial charge < -0.3 is 0 Å². The first kappa shape index (κ1) is 12.2. The Morgan fingerprint density at radius 3 is 1.47 bits per heavy atom. The third-order valence-corrected chi connectivity index (χ3v) is 2.17. The fourth-order valence-electron chi connectivity index (χ4n) is 1.48. The summed E-state index contributed by atoms with van der Waals surface area (Å²) in [4.78, 5) is 0. The van der Waals surface area contributed by atoms with Crippen LogP contribution in [-0.2, 0) is 21.1 Å². The predicted octanol–water partition coefficient (Wildman–Crippen LogP) is 3.57. The summed E-state index contributed by atoms with van der Waals surface area (Å²) in [6.45, 7) is 4.11. The van der Waals surface area contributed by atoms with Crippen LogP contribution in [0, 0.1) is 26.0 Å². The second-order valence-corrected chi connectivity index (χ2v) is 3.49. The first-order valence-corrected chi connectivity index (χ1v) is 4.74. The Morgan fingerprint density at radius 1 is 0.733 bits per heavy atom. The van der Waals surface area contributed by atoms with Gasteiger partial charge in [0, 0.05) is 0 Å². The second kappa shape index (κ2) is 5.28. The molecule has 0 nitrogen and oxygen atoms in total. The summed E-state index contributed by atoms with van der Waals surface area (Å²) in [5.74, 6) is 0. The van der Waals surface area contributed by atoms with E-state index in [4.69, 9.17) is 0 Å². The molecule has 2 aromatic carbocycles. The third-order valence-electron chi connectivity index (χ3n) is 2.17. The molecule has 0 N–H and O–H groups in total. The molecule has 0 heterocycles. The zero-order chi connectivity index (χ0) is 9.97. The summed E-state index contributed by atoms with van der Waals surface area (Å²) in [6.07, 6.45) is 0. The van der Waals surface area contributed by atoms with E-state index in [-0.39, 0.29) is 21.1 Å². The van der Waals surface area contributed by atoms with Crippen LogP contribution in [-0.4, -0.2) is 0 Å². The average Bonchev–Trinajstić information content (AvgIpc) is 2.18. The van der Waals surface area contributed by atoms with E-state index in [0.717, 1.165) is 22.3 Å². The van der Waals surface area contributed by atoms with E-state index in [1.54, 1.807) is 0 Å². The minimum Gasteiger partial charge on any atom is -0.226 e. The zero-order valence-electron chi connectivity index (χ0n) is 8.87. The van der Waals surface area contributed by atoms with Gasteiger partial charge in [-0.2, -0.15) is 36.4 Å². The van der Waals surface area contributed by atoms with Crippen LogP contribution in [0.1, 0.15) is 11.1 Å². The molecular formula is C14H12W. The van der Waals surface area contributed by atoms with Crippen molar-refractivity contribution in [3.63, 3.8) is 0 Å². The van der Waals surface area contributed by atoms with Crippen LogP contribution in [0.5, 0.6) is 0 Å². The maximum atomic E-state index is 3.32. The molecule has 1 heteroatoms. The first-order chi connectivity index (χ1) is 6.75. The molecule has 0 aliphatic rings. The number of hydrogen-bond donors (Lipinski definition) is 0. The van der Waals surface area contributed by atoms with Crippen molar-refractivity contribution < 1.29 is 21.1 Å². The smallest absolute Gasteiger partial charge is 0.226 e. The molecule has 0 aliphatic carbocycles. The number of aryl methyl sites for hydroxylation is 2. The van der Waals surface area contributed by atoms with Gasteiger partial charge in [-0.1, -0.05) is 13.8 Å². The van der Waals surface area contributed by atoms with Crippen LogP contribution >= 0.6 is 0 Å². The Bertz CT molecular complexity index is 403. The molecular weight excluding hydrogens is 352 g/mol. The van der Waals surface area contributed by atoms with Crippen LogP contribution < -0.4 is 0 Å². The quantitative estimate of drug-likeness (QED) is 0.679. The molecule has 0 unspecified atom stereocenters. The fourth-order valence-corrected chi connectivity index (χ4v) is 1.48. The Morgan fingerprint density at radius 2 is 1.13 bits per heavy atom. The van der Waals surface area contributed by atoms with Gasteiger partial charge in [-0.3, -0.25) is 0 Å². The van der Waals surface area contributed by atoms with Crippen LogP contribution in [0.25, 0.3) is 11.1 Å². The van der Waals surface area contributed by atoms with E-state index in [1.807, 2.05) is 0 Å². The summed E-state index contributed by atoms with van der Waals surface area (Å²) in [6, 6.07) is 19.0. The third kappa shape index (κ3) is 3.04. The SMILES string of the molecule is Cc1[c-]c(-c2[c-]c(C)ccc2)ccc1.[W+2]. The van der Waals surface area contributed by atoms with Crippen molar-refractivity contribution in [1.82, 2.24) is 0 Å². The van der Waals surface area contributed by atoms with Crippen molar-refractivity contribution in [2.45, 2.75) is 13.8 Å². The zero-order valence-corrected chi connectivity index (χ0v) is 11.8. The average molecular weight is 364 g/mol. The minimum absolute atomic E-state index is 0. The molecule has 0 amide bonds. The molecule has 0 aliphatic heterocycles. The molecule has 0 atom stereocenters. The van der Waals surface area contributed by atoms with Gasteiger partial charge in [-0.15, -0.1) is 23.3 Å². The Kier molecular flexibility index (Phi) is 4.29. The first-order valence-electron chi connectivity index (χ1n) is 4.74. The molecule has 0 bridgehead atoms. The Hall–Kier alpha value is -0.872. The van der Waals surface area contributed by atoms with Crippen molar-refractivity contribution in [3.05, 3.63) is 59.7 Å². The number of benzene rings is 2. The van der Waals surface area contributed by atoms with Crippen molar-refractivity contribution in [2.75, 3.05) is 0 Å². The van der Waals surface area contributed by atoms with Crippen LogP contribution in [0.3, 0.4) is 0 Å². The molecule has 0 saturated carbocycles. The van der Waals surface area contributed by atoms with Crippen molar-refractivity contribution >= 4 is 0 Å². The second-order valence-electron chi connectivity index (χ2n) is 3.49. The predicted molar refractivity (Wildman–Crippen MR) is 59.0 cm³/mol. The normalized spacial score (nSPS) is 9.47. The number of rotatable bonds is 1. The molecule has 0 saturated heterocycles. The van der Waals surface area contributed by atoms with E-state index < -0.39 is 0 Å². The van der Waals surface area contributed by atoms with E-state index in [2.05, 4.69) is 62.4 Å². The molecule has 0 fully saturated rings. The molecule has 15 heavy (non-hydrogen) atoms.